The maximum absolute atomic E-state index is 11.8. The number of hydrogen-bond acceptors (Lipinski definition) is 2. The van der Waals surface area contributed by atoms with Crippen LogP contribution < -0.4 is 5.32 Å². The van der Waals surface area contributed by atoms with Crippen LogP contribution in [0, 0.1) is 11.3 Å². The van der Waals surface area contributed by atoms with E-state index in [-0.39, 0.29) is 6.03 Å². The number of carbonyl (C=O) groups excluding carboxylic acids is 1. The van der Waals surface area contributed by atoms with Gasteiger partial charge in [-0.15, -0.1) is 0 Å². The lowest BCUT2D eigenvalue weighted by atomic mass is 10.2. The Hall–Kier alpha value is -1.73. The molecule has 1 aliphatic rings. The summed E-state index contributed by atoms with van der Waals surface area (Å²) in [4.78, 5) is 13.6. The molecule has 0 unspecified atom stereocenters. The van der Waals surface area contributed by atoms with Gasteiger partial charge >= 0.3 is 6.03 Å². The van der Waals surface area contributed by atoms with E-state index < -0.39 is 0 Å². The molecular formula is C12H12ClN3O. The fraction of sp³-hybridized carbons (Fsp3) is 0.333. The minimum atomic E-state index is -0.130. The zero-order chi connectivity index (χ0) is 12.3. The van der Waals surface area contributed by atoms with E-state index in [1.165, 1.54) is 0 Å². The Morgan fingerprint density at radius 1 is 1.41 bits per heavy atom. The summed E-state index contributed by atoms with van der Waals surface area (Å²) in [5.41, 5.74) is 1.02. The van der Waals surface area contributed by atoms with Crippen molar-refractivity contribution in [1.82, 2.24) is 4.90 Å². The average Bonchev–Trinajstić information content (AvgIpc) is 2.85. The number of rotatable bonds is 1. The van der Waals surface area contributed by atoms with E-state index in [4.69, 9.17) is 16.9 Å². The van der Waals surface area contributed by atoms with E-state index in [0.29, 0.717) is 16.3 Å². The third kappa shape index (κ3) is 2.69. The first-order chi connectivity index (χ1) is 8.20. The smallest absolute Gasteiger partial charge is 0.321 e. The summed E-state index contributed by atoms with van der Waals surface area (Å²) in [7, 11) is 0. The highest BCUT2D eigenvalue weighted by Gasteiger charge is 2.18. The summed E-state index contributed by atoms with van der Waals surface area (Å²) in [6, 6.07) is 6.69. The second kappa shape index (κ2) is 5.07. The Kier molecular flexibility index (Phi) is 3.50. The van der Waals surface area contributed by atoms with E-state index in [1.54, 1.807) is 23.1 Å². The predicted octanol–water partition coefficient (Wildman–Crippen LogP) is 2.84. The van der Waals surface area contributed by atoms with E-state index in [2.05, 4.69) is 5.32 Å². The van der Waals surface area contributed by atoms with Gasteiger partial charge in [-0.1, -0.05) is 11.6 Å². The van der Waals surface area contributed by atoms with Crippen molar-refractivity contribution in [2.75, 3.05) is 18.4 Å². The topological polar surface area (TPSA) is 56.1 Å². The van der Waals surface area contributed by atoms with Gasteiger partial charge in [0, 0.05) is 13.1 Å². The molecule has 0 bridgehead atoms. The molecule has 2 amide bonds. The van der Waals surface area contributed by atoms with Crippen LogP contribution in [0.1, 0.15) is 18.4 Å². The highest BCUT2D eigenvalue weighted by molar-refractivity contribution is 6.33. The van der Waals surface area contributed by atoms with Crippen LogP contribution in [0.3, 0.4) is 0 Å². The maximum atomic E-state index is 11.8. The number of likely N-dealkylation sites (tertiary alicyclic amines) is 1. The van der Waals surface area contributed by atoms with E-state index in [9.17, 15) is 4.79 Å². The Morgan fingerprint density at radius 3 is 2.71 bits per heavy atom. The van der Waals surface area contributed by atoms with Gasteiger partial charge in [-0.05, 0) is 31.0 Å². The SMILES string of the molecule is N#Cc1ccc(NC(=O)N2CCCC2)c(Cl)c1. The number of amides is 2. The molecule has 1 fully saturated rings. The van der Waals surface area contributed by atoms with Gasteiger partial charge < -0.3 is 10.2 Å². The van der Waals surface area contributed by atoms with Gasteiger partial charge in [0.15, 0.2) is 0 Å². The van der Waals surface area contributed by atoms with Crippen molar-refractivity contribution in [3.05, 3.63) is 28.8 Å². The minimum absolute atomic E-state index is 0.130. The first-order valence-corrected chi connectivity index (χ1v) is 5.84. The van der Waals surface area contributed by atoms with Crippen LogP contribution >= 0.6 is 11.6 Å². The number of benzene rings is 1. The molecule has 0 radical (unpaired) electrons. The Morgan fingerprint density at radius 2 is 2.12 bits per heavy atom. The molecule has 1 aromatic carbocycles. The lowest BCUT2D eigenvalue weighted by molar-refractivity contribution is 0.222. The summed E-state index contributed by atoms with van der Waals surface area (Å²) in [6.07, 6.45) is 2.10. The van der Waals surface area contributed by atoms with Gasteiger partial charge in [-0.2, -0.15) is 5.26 Å². The van der Waals surface area contributed by atoms with Crippen LogP contribution in [0.5, 0.6) is 0 Å². The van der Waals surface area contributed by atoms with Crippen LogP contribution in [0.25, 0.3) is 0 Å². The predicted molar refractivity (Wildman–Crippen MR) is 66.0 cm³/mol. The molecule has 88 valence electrons. The highest BCUT2D eigenvalue weighted by atomic mass is 35.5. The number of nitriles is 1. The third-order valence-corrected chi connectivity index (χ3v) is 3.05. The van der Waals surface area contributed by atoms with Crippen molar-refractivity contribution in [1.29, 1.82) is 5.26 Å². The van der Waals surface area contributed by atoms with E-state index >= 15 is 0 Å². The monoisotopic (exact) mass is 249 g/mol. The van der Waals surface area contributed by atoms with Crippen LogP contribution in [0.2, 0.25) is 5.02 Å². The van der Waals surface area contributed by atoms with Crippen LogP contribution in [-0.4, -0.2) is 24.0 Å². The Balaban J connectivity index is 2.08. The van der Waals surface area contributed by atoms with Gasteiger partial charge in [-0.3, -0.25) is 0 Å². The first kappa shape index (κ1) is 11.7. The standard InChI is InChI=1S/C12H12ClN3O/c13-10-7-9(8-14)3-4-11(10)15-12(17)16-5-1-2-6-16/h3-4,7H,1-2,5-6H2,(H,15,17). The zero-order valence-electron chi connectivity index (χ0n) is 9.24. The van der Waals surface area contributed by atoms with Gasteiger partial charge in [0.25, 0.3) is 0 Å². The average molecular weight is 250 g/mol. The molecule has 1 N–H and O–H groups in total. The molecule has 2 rings (SSSR count). The molecule has 5 heteroatoms. The fourth-order valence-corrected chi connectivity index (χ4v) is 2.03. The van der Waals surface area contributed by atoms with Gasteiger partial charge in [0.05, 0.1) is 22.3 Å². The van der Waals surface area contributed by atoms with Crippen molar-refractivity contribution in [3.8, 4) is 6.07 Å². The maximum Gasteiger partial charge on any atom is 0.321 e. The molecule has 4 nitrogen and oxygen atoms in total. The number of nitrogens with one attached hydrogen (secondary N) is 1. The molecule has 1 heterocycles. The first-order valence-electron chi connectivity index (χ1n) is 5.46. The Labute approximate surface area is 105 Å². The third-order valence-electron chi connectivity index (χ3n) is 2.73. The second-order valence-corrected chi connectivity index (χ2v) is 4.34. The zero-order valence-corrected chi connectivity index (χ0v) is 10.00. The number of carbonyl (C=O) groups is 1. The number of halogens is 1. The van der Waals surface area contributed by atoms with Crippen LogP contribution in [0.15, 0.2) is 18.2 Å². The number of nitrogens with zero attached hydrogens (tertiary/aromatic N) is 2. The van der Waals surface area contributed by atoms with Gasteiger partial charge in [0.1, 0.15) is 0 Å². The molecule has 0 aromatic heterocycles. The summed E-state index contributed by atoms with van der Waals surface area (Å²) >= 11 is 5.97. The largest absolute Gasteiger partial charge is 0.325 e. The van der Waals surface area contributed by atoms with Crippen LogP contribution in [0.4, 0.5) is 10.5 Å². The normalized spacial score (nSPS) is 14.5. The molecule has 1 saturated heterocycles. The van der Waals surface area contributed by atoms with Crippen molar-refractivity contribution in [3.63, 3.8) is 0 Å². The Bertz CT molecular complexity index is 475. The van der Waals surface area contributed by atoms with Gasteiger partial charge in [0.2, 0.25) is 0 Å². The summed E-state index contributed by atoms with van der Waals surface area (Å²) in [6.45, 7) is 1.58. The highest BCUT2D eigenvalue weighted by Crippen LogP contribution is 2.23. The summed E-state index contributed by atoms with van der Waals surface area (Å²) < 4.78 is 0. The molecule has 0 atom stereocenters. The van der Waals surface area contributed by atoms with E-state index in [1.807, 2.05) is 6.07 Å². The molecule has 0 spiro atoms. The summed E-state index contributed by atoms with van der Waals surface area (Å²) in [5, 5.41) is 11.8. The lowest BCUT2D eigenvalue weighted by Crippen LogP contribution is -2.32. The lowest BCUT2D eigenvalue weighted by Gasteiger charge is -2.16. The molecule has 0 saturated carbocycles. The van der Waals surface area contributed by atoms with Gasteiger partial charge in [-0.25, -0.2) is 4.79 Å². The van der Waals surface area contributed by atoms with Crippen molar-refractivity contribution < 1.29 is 4.79 Å². The summed E-state index contributed by atoms with van der Waals surface area (Å²) in [5.74, 6) is 0. The van der Waals surface area contributed by atoms with E-state index in [0.717, 1.165) is 25.9 Å². The molecule has 1 aromatic rings. The number of urea groups is 1. The van der Waals surface area contributed by atoms with Crippen molar-refractivity contribution in [2.45, 2.75) is 12.8 Å². The molecular weight excluding hydrogens is 238 g/mol. The minimum Gasteiger partial charge on any atom is -0.325 e. The number of hydrogen-bond donors (Lipinski definition) is 1. The molecule has 1 aliphatic heterocycles. The van der Waals surface area contributed by atoms with Crippen molar-refractivity contribution >= 4 is 23.3 Å². The van der Waals surface area contributed by atoms with Crippen LogP contribution in [-0.2, 0) is 0 Å². The fourth-order valence-electron chi connectivity index (χ4n) is 1.80. The quantitative estimate of drug-likeness (QED) is 0.832. The molecule has 0 aliphatic carbocycles. The van der Waals surface area contributed by atoms with Crippen molar-refractivity contribution in [2.24, 2.45) is 0 Å². The molecule has 17 heavy (non-hydrogen) atoms. The number of anilines is 1. The second-order valence-electron chi connectivity index (χ2n) is 3.93.